The predicted octanol–water partition coefficient (Wildman–Crippen LogP) is 2.56. The average Bonchev–Trinajstić information content (AvgIpc) is 2.28. The van der Waals surface area contributed by atoms with Crippen molar-refractivity contribution in [2.45, 2.75) is 10.3 Å². The Bertz CT molecular complexity index is 512. The van der Waals surface area contributed by atoms with Crippen molar-refractivity contribution in [1.82, 2.24) is 9.97 Å². The Hall–Kier alpha value is -1.39. The number of halogens is 2. The normalized spacial score (nSPS) is 21.4. The Balaban J connectivity index is 2.40. The summed E-state index contributed by atoms with van der Waals surface area (Å²) in [6, 6.07) is 1.32. The highest BCUT2D eigenvalue weighted by Crippen LogP contribution is 2.40. The van der Waals surface area contributed by atoms with E-state index in [2.05, 4.69) is 9.97 Å². The molecule has 0 saturated heterocycles. The molecular weight excluding hydrogens is 263 g/mol. The van der Waals surface area contributed by atoms with E-state index < -0.39 is 16.2 Å². The van der Waals surface area contributed by atoms with Gasteiger partial charge in [0.15, 0.2) is 5.69 Å². The number of carboxylic acids is 1. The van der Waals surface area contributed by atoms with Crippen LogP contribution in [0.25, 0.3) is 0 Å². The first-order chi connectivity index (χ1) is 8.00. The van der Waals surface area contributed by atoms with Crippen LogP contribution >= 0.6 is 23.2 Å². The predicted molar refractivity (Wildman–Crippen MR) is 64.4 cm³/mol. The average molecular weight is 271 g/mol. The molecule has 1 aromatic heterocycles. The topological polar surface area (TPSA) is 63.1 Å². The molecule has 88 valence electrons. The number of carbonyl (C=O) groups is 1. The number of aromatic nitrogens is 2. The molecule has 1 atom stereocenters. The Morgan fingerprint density at radius 1 is 1.41 bits per heavy atom. The summed E-state index contributed by atoms with van der Waals surface area (Å²) in [5.74, 6) is -1.29. The minimum Gasteiger partial charge on any atom is -0.477 e. The number of carboxylic acid groups (broad SMARTS) is 1. The first kappa shape index (κ1) is 12.1. The third-order valence-electron chi connectivity index (χ3n) is 2.32. The van der Waals surface area contributed by atoms with Crippen molar-refractivity contribution in [3.8, 4) is 0 Å². The molecule has 1 heterocycles. The van der Waals surface area contributed by atoms with E-state index in [0.29, 0.717) is 0 Å². The summed E-state index contributed by atoms with van der Waals surface area (Å²) < 4.78 is -1.16. The van der Waals surface area contributed by atoms with Crippen LogP contribution in [-0.4, -0.2) is 25.4 Å². The smallest absolute Gasteiger partial charge is 0.354 e. The second-order valence-electron chi connectivity index (χ2n) is 3.50. The molecule has 0 radical (unpaired) electrons. The van der Waals surface area contributed by atoms with Crippen LogP contribution in [0.3, 0.4) is 0 Å². The molecule has 1 aromatic rings. The molecule has 0 amide bonds. The minimum absolute atomic E-state index is 0.0814. The molecule has 0 spiro atoms. The molecule has 2 rings (SSSR count). The highest BCUT2D eigenvalue weighted by Gasteiger charge is 2.35. The van der Waals surface area contributed by atoms with Crippen molar-refractivity contribution < 1.29 is 9.90 Å². The van der Waals surface area contributed by atoms with E-state index in [-0.39, 0.29) is 11.5 Å². The third kappa shape index (κ3) is 2.48. The van der Waals surface area contributed by atoms with Crippen LogP contribution in [0.5, 0.6) is 0 Å². The minimum atomic E-state index is -1.16. The summed E-state index contributed by atoms with van der Waals surface area (Å²) in [6.45, 7) is 0. The van der Waals surface area contributed by atoms with E-state index in [9.17, 15) is 4.79 Å². The second-order valence-corrected chi connectivity index (χ2v) is 4.95. The molecule has 0 aliphatic heterocycles. The van der Waals surface area contributed by atoms with E-state index >= 15 is 0 Å². The highest BCUT2D eigenvalue weighted by atomic mass is 35.5. The number of nitrogens with zero attached hydrogens (tertiary/aromatic N) is 2. The van der Waals surface area contributed by atoms with Crippen molar-refractivity contribution in [2.24, 2.45) is 0 Å². The van der Waals surface area contributed by atoms with Gasteiger partial charge in [-0.3, -0.25) is 0 Å². The van der Waals surface area contributed by atoms with Gasteiger partial charge in [-0.25, -0.2) is 14.8 Å². The number of allylic oxidation sites excluding steroid dienone is 4. The first-order valence-corrected chi connectivity index (χ1v) is 5.56. The van der Waals surface area contributed by atoms with Crippen LogP contribution in [0.1, 0.15) is 22.2 Å². The molecule has 0 bridgehead atoms. The summed E-state index contributed by atoms with van der Waals surface area (Å²) in [6.07, 6.45) is 8.21. The molecule has 6 heteroatoms. The zero-order chi connectivity index (χ0) is 12.5. The zero-order valence-electron chi connectivity index (χ0n) is 8.55. The zero-order valence-corrected chi connectivity index (χ0v) is 10.1. The SMILES string of the molecule is O=C(O)c1ccnc(C2C=CC=CC2(Cl)Cl)n1. The van der Waals surface area contributed by atoms with Gasteiger partial charge in [-0.2, -0.15) is 0 Å². The van der Waals surface area contributed by atoms with Gasteiger partial charge in [-0.15, -0.1) is 0 Å². The molecule has 0 saturated carbocycles. The summed E-state index contributed by atoms with van der Waals surface area (Å²) in [5.41, 5.74) is -0.0814. The summed E-state index contributed by atoms with van der Waals surface area (Å²) in [5, 5.41) is 8.85. The van der Waals surface area contributed by atoms with Crippen molar-refractivity contribution in [2.75, 3.05) is 0 Å². The van der Waals surface area contributed by atoms with E-state index in [1.807, 2.05) is 0 Å². The van der Waals surface area contributed by atoms with Crippen LogP contribution in [-0.2, 0) is 0 Å². The quantitative estimate of drug-likeness (QED) is 0.839. The Morgan fingerprint density at radius 2 is 2.18 bits per heavy atom. The van der Waals surface area contributed by atoms with Gasteiger partial charge in [-0.1, -0.05) is 41.4 Å². The van der Waals surface area contributed by atoms with Crippen LogP contribution in [0.2, 0.25) is 0 Å². The molecule has 1 N–H and O–H groups in total. The molecule has 4 nitrogen and oxygen atoms in total. The van der Waals surface area contributed by atoms with Gasteiger partial charge in [0.25, 0.3) is 0 Å². The molecule has 1 aliphatic rings. The largest absolute Gasteiger partial charge is 0.477 e. The van der Waals surface area contributed by atoms with Gasteiger partial charge in [0.05, 0.1) is 5.92 Å². The Kier molecular flexibility index (Phi) is 3.17. The Labute approximate surface area is 108 Å². The van der Waals surface area contributed by atoms with Crippen LogP contribution in [0.4, 0.5) is 0 Å². The van der Waals surface area contributed by atoms with E-state index in [1.54, 1.807) is 24.3 Å². The maximum absolute atomic E-state index is 10.8. The Morgan fingerprint density at radius 3 is 2.82 bits per heavy atom. The summed E-state index contributed by atoms with van der Waals surface area (Å²) in [4.78, 5) is 18.7. The van der Waals surface area contributed by atoms with Crippen molar-refractivity contribution >= 4 is 29.2 Å². The lowest BCUT2D eigenvalue weighted by molar-refractivity contribution is 0.0690. The highest BCUT2D eigenvalue weighted by molar-refractivity contribution is 6.50. The van der Waals surface area contributed by atoms with Gasteiger partial charge in [0, 0.05) is 6.20 Å². The lowest BCUT2D eigenvalue weighted by Gasteiger charge is -2.25. The summed E-state index contributed by atoms with van der Waals surface area (Å²) >= 11 is 12.2. The number of hydrogen-bond donors (Lipinski definition) is 1. The maximum Gasteiger partial charge on any atom is 0.354 e. The number of rotatable bonds is 2. The second kappa shape index (κ2) is 4.47. The van der Waals surface area contributed by atoms with Gasteiger partial charge in [0.2, 0.25) is 0 Å². The fourth-order valence-electron chi connectivity index (χ4n) is 1.49. The maximum atomic E-state index is 10.8. The van der Waals surface area contributed by atoms with E-state index in [4.69, 9.17) is 28.3 Å². The standard InChI is InChI=1S/C11H8Cl2N2O2/c12-11(13)5-2-1-3-7(11)9-14-6-4-8(15-9)10(16)17/h1-7H,(H,16,17). The molecule has 0 aromatic carbocycles. The van der Waals surface area contributed by atoms with Crippen molar-refractivity contribution in [3.05, 3.63) is 48.1 Å². The number of hydrogen-bond acceptors (Lipinski definition) is 3. The van der Waals surface area contributed by atoms with Gasteiger partial charge < -0.3 is 5.11 Å². The molecule has 17 heavy (non-hydrogen) atoms. The van der Waals surface area contributed by atoms with Crippen LogP contribution in [0.15, 0.2) is 36.6 Å². The number of aromatic carboxylic acids is 1. The lowest BCUT2D eigenvalue weighted by Crippen LogP contribution is -2.24. The lowest BCUT2D eigenvalue weighted by atomic mass is 9.98. The molecule has 1 aliphatic carbocycles. The van der Waals surface area contributed by atoms with E-state index in [0.717, 1.165) is 0 Å². The van der Waals surface area contributed by atoms with Gasteiger partial charge in [-0.05, 0) is 12.1 Å². The van der Waals surface area contributed by atoms with Crippen molar-refractivity contribution in [1.29, 1.82) is 0 Å². The third-order valence-corrected chi connectivity index (χ3v) is 3.04. The molecule has 1 unspecified atom stereocenters. The van der Waals surface area contributed by atoms with Crippen LogP contribution in [0, 0.1) is 0 Å². The monoisotopic (exact) mass is 270 g/mol. The molecular formula is C11H8Cl2N2O2. The molecule has 0 fully saturated rings. The fraction of sp³-hybridized carbons (Fsp3) is 0.182. The first-order valence-electron chi connectivity index (χ1n) is 4.81. The van der Waals surface area contributed by atoms with Gasteiger partial charge in [0.1, 0.15) is 10.2 Å². The van der Waals surface area contributed by atoms with Crippen LogP contribution < -0.4 is 0 Å². The van der Waals surface area contributed by atoms with Gasteiger partial charge >= 0.3 is 5.97 Å². The number of alkyl halides is 2. The van der Waals surface area contributed by atoms with E-state index in [1.165, 1.54) is 12.3 Å². The fourth-order valence-corrected chi connectivity index (χ4v) is 1.98. The summed E-state index contributed by atoms with van der Waals surface area (Å²) in [7, 11) is 0. The van der Waals surface area contributed by atoms with Crippen molar-refractivity contribution in [3.63, 3.8) is 0 Å².